The maximum absolute atomic E-state index is 11.9. The second kappa shape index (κ2) is 9.49. The molecule has 0 radical (unpaired) electrons. The van der Waals surface area contributed by atoms with Gasteiger partial charge in [-0.3, -0.25) is 4.72 Å². The zero-order chi connectivity index (χ0) is 15.8. The summed E-state index contributed by atoms with van der Waals surface area (Å²) in [6, 6.07) is 5.01. The minimum absolute atomic E-state index is 0. The monoisotopic (exact) mass is 328 g/mol. The third-order valence-corrected chi connectivity index (χ3v) is 3.26. The number of halogens is 3. The number of nitrogen functional groups attached to an aromatic ring is 1. The van der Waals surface area contributed by atoms with Gasteiger partial charge in [-0.05, 0) is 18.2 Å². The lowest BCUT2D eigenvalue weighted by atomic mass is 10.3. The predicted octanol–water partition coefficient (Wildman–Crippen LogP) is 4.36. The van der Waals surface area contributed by atoms with Crippen LogP contribution in [0.3, 0.4) is 0 Å². The number of anilines is 2. The fourth-order valence-electron chi connectivity index (χ4n) is 1.17. The fourth-order valence-corrected chi connectivity index (χ4v) is 1.72. The summed E-state index contributed by atoms with van der Waals surface area (Å²) < 4.78 is 58.5. The molecular weight excluding hydrogens is 305 g/mol. The van der Waals surface area contributed by atoms with Crippen LogP contribution in [0.25, 0.3) is 0 Å². The van der Waals surface area contributed by atoms with E-state index in [1.165, 1.54) is 42.2 Å². The molecule has 0 aliphatic heterocycles. The Balaban J connectivity index is 0. The number of hydrogen-bond donors (Lipinski definition) is 2. The Hall–Kier alpha value is -1.44. The smallest absolute Gasteiger partial charge is 0.399 e. The average molecular weight is 328 g/mol. The number of nitrogens with one attached hydrogen (secondary N) is 1. The van der Waals surface area contributed by atoms with E-state index in [0.717, 1.165) is 6.07 Å². The van der Waals surface area contributed by atoms with Gasteiger partial charge in [0.1, 0.15) is 0 Å². The van der Waals surface area contributed by atoms with Crippen LogP contribution in [0.15, 0.2) is 24.3 Å². The minimum Gasteiger partial charge on any atom is -0.399 e. The first-order valence-corrected chi connectivity index (χ1v) is 7.57. The van der Waals surface area contributed by atoms with E-state index in [4.69, 9.17) is 5.73 Å². The third-order valence-electron chi connectivity index (χ3n) is 2.15. The number of unbranched alkanes of at least 4 members (excludes halogenated alkanes) is 2. The Bertz CT molecular complexity index is 500. The van der Waals surface area contributed by atoms with E-state index in [9.17, 15) is 21.6 Å². The van der Waals surface area contributed by atoms with Gasteiger partial charge in [-0.1, -0.05) is 46.6 Å². The molecule has 3 N–H and O–H groups in total. The van der Waals surface area contributed by atoms with Crippen molar-refractivity contribution < 1.29 is 21.6 Å². The Morgan fingerprint density at radius 1 is 1.19 bits per heavy atom. The second-order valence-corrected chi connectivity index (χ2v) is 5.70. The first-order chi connectivity index (χ1) is 9.14. The highest BCUT2D eigenvalue weighted by atomic mass is 32.2. The van der Waals surface area contributed by atoms with Crippen molar-refractivity contribution >= 4 is 21.4 Å². The molecule has 0 saturated heterocycles. The Kier molecular flexibility index (Phi) is 9.87. The molecule has 21 heavy (non-hydrogen) atoms. The zero-order valence-electron chi connectivity index (χ0n) is 11.4. The van der Waals surface area contributed by atoms with E-state index in [0.29, 0.717) is 0 Å². The number of hydrogen-bond acceptors (Lipinski definition) is 3. The van der Waals surface area contributed by atoms with Gasteiger partial charge in [0.25, 0.3) is 0 Å². The van der Waals surface area contributed by atoms with E-state index in [2.05, 4.69) is 13.8 Å². The van der Waals surface area contributed by atoms with Gasteiger partial charge in [0.2, 0.25) is 0 Å². The summed E-state index contributed by atoms with van der Waals surface area (Å²) in [6.07, 6.45) is 4.08. The molecule has 0 heterocycles. The Morgan fingerprint density at radius 3 is 2.05 bits per heavy atom. The molecule has 0 atom stereocenters. The molecule has 1 aromatic rings. The Morgan fingerprint density at radius 2 is 1.71 bits per heavy atom. The molecule has 124 valence electrons. The van der Waals surface area contributed by atoms with Crippen molar-refractivity contribution in [2.24, 2.45) is 0 Å². The predicted molar refractivity (Wildman–Crippen MR) is 81.4 cm³/mol. The lowest BCUT2D eigenvalue weighted by Crippen LogP contribution is -2.29. The van der Waals surface area contributed by atoms with Crippen molar-refractivity contribution in [1.82, 2.24) is 0 Å². The van der Waals surface area contributed by atoms with Gasteiger partial charge in [-0.25, -0.2) is 0 Å². The summed E-state index contributed by atoms with van der Waals surface area (Å²) >= 11 is 0. The fraction of sp³-hybridized carbons (Fsp3) is 0.538. The summed E-state index contributed by atoms with van der Waals surface area (Å²) in [5.74, 6) is 0. The second-order valence-electron chi connectivity index (χ2n) is 4.03. The summed E-state index contributed by atoms with van der Waals surface area (Å²) in [7, 11) is -5.37. The van der Waals surface area contributed by atoms with Crippen LogP contribution < -0.4 is 10.5 Å². The molecule has 0 spiro atoms. The summed E-state index contributed by atoms with van der Waals surface area (Å²) in [6.45, 7) is 4.42. The van der Waals surface area contributed by atoms with E-state index >= 15 is 0 Å². The van der Waals surface area contributed by atoms with Gasteiger partial charge in [-0.2, -0.15) is 21.6 Å². The molecule has 0 amide bonds. The third kappa shape index (κ3) is 8.44. The van der Waals surface area contributed by atoms with Crippen molar-refractivity contribution in [1.29, 1.82) is 0 Å². The zero-order valence-corrected chi connectivity index (χ0v) is 12.2. The first kappa shape index (κ1) is 21.9. The molecule has 1 aromatic carbocycles. The number of rotatable bonds is 4. The van der Waals surface area contributed by atoms with Crippen LogP contribution in [0.1, 0.15) is 40.5 Å². The Labute approximate surface area is 124 Å². The normalized spacial score (nSPS) is 10.9. The summed E-state index contributed by atoms with van der Waals surface area (Å²) in [5, 5.41) is 0. The molecule has 1 rings (SSSR count). The molecule has 0 aliphatic carbocycles. The SMILES string of the molecule is C.CCCCC.Nc1cccc(NS(=O)(=O)C(F)(F)F)c1. The standard InChI is InChI=1S/C7H7F3N2O2S.C5H12.CH4/c8-7(9,10)15(13,14)12-6-3-1-2-5(11)4-6;1-3-5-4-2;/h1-4,12H,11H2;3-5H2,1-2H3;1H4. The van der Waals surface area contributed by atoms with Crippen molar-refractivity contribution in [2.45, 2.75) is 46.0 Å². The van der Waals surface area contributed by atoms with Gasteiger partial charge in [-0.15, -0.1) is 0 Å². The largest absolute Gasteiger partial charge is 0.516 e. The van der Waals surface area contributed by atoms with Gasteiger partial charge >= 0.3 is 15.5 Å². The highest BCUT2D eigenvalue weighted by Crippen LogP contribution is 2.25. The van der Waals surface area contributed by atoms with Crippen molar-refractivity contribution in [3.8, 4) is 0 Å². The number of sulfonamides is 1. The summed E-state index contributed by atoms with van der Waals surface area (Å²) in [4.78, 5) is 0. The molecule has 8 heteroatoms. The molecule has 0 saturated carbocycles. The lowest BCUT2D eigenvalue weighted by Gasteiger charge is -2.10. The first-order valence-electron chi connectivity index (χ1n) is 6.08. The van der Waals surface area contributed by atoms with Crippen molar-refractivity contribution in [3.63, 3.8) is 0 Å². The van der Waals surface area contributed by atoms with E-state index in [1.54, 1.807) is 0 Å². The molecule has 0 fully saturated rings. The average Bonchev–Trinajstić information content (AvgIpc) is 2.28. The van der Waals surface area contributed by atoms with E-state index in [-0.39, 0.29) is 18.8 Å². The highest BCUT2D eigenvalue weighted by molar-refractivity contribution is 7.93. The highest BCUT2D eigenvalue weighted by Gasteiger charge is 2.45. The summed E-state index contributed by atoms with van der Waals surface area (Å²) in [5.41, 5.74) is -0.130. The van der Waals surface area contributed by atoms with Crippen LogP contribution >= 0.6 is 0 Å². The maximum atomic E-state index is 11.9. The van der Waals surface area contributed by atoms with Gasteiger partial charge in [0.15, 0.2) is 0 Å². The van der Waals surface area contributed by atoms with Crippen LogP contribution in [0.5, 0.6) is 0 Å². The van der Waals surface area contributed by atoms with E-state index < -0.39 is 15.5 Å². The van der Waals surface area contributed by atoms with E-state index in [1.807, 2.05) is 0 Å². The lowest BCUT2D eigenvalue weighted by molar-refractivity contribution is -0.0429. The molecular formula is C13H23F3N2O2S. The van der Waals surface area contributed by atoms with Crippen molar-refractivity contribution in [3.05, 3.63) is 24.3 Å². The number of alkyl halides is 3. The van der Waals surface area contributed by atoms with Gasteiger partial charge < -0.3 is 5.73 Å². The molecule has 0 aliphatic rings. The van der Waals surface area contributed by atoms with Crippen LogP contribution in [0.2, 0.25) is 0 Å². The maximum Gasteiger partial charge on any atom is 0.516 e. The molecule has 0 unspecified atom stereocenters. The van der Waals surface area contributed by atoms with Crippen LogP contribution in [0, 0.1) is 0 Å². The molecule has 0 bridgehead atoms. The van der Waals surface area contributed by atoms with Crippen LogP contribution in [-0.4, -0.2) is 13.9 Å². The van der Waals surface area contributed by atoms with Crippen molar-refractivity contribution in [2.75, 3.05) is 10.5 Å². The molecule has 4 nitrogen and oxygen atoms in total. The quantitative estimate of drug-likeness (QED) is 0.807. The van der Waals surface area contributed by atoms with Gasteiger partial charge in [0.05, 0.1) is 5.69 Å². The number of nitrogens with two attached hydrogens (primary N) is 1. The topological polar surface area (TPSA) is 72.2 Å². The minimum atomic E-state index is -5.37. The molecule has 0 aromatic heterocycles. The van der Waals surface area contributed by atoms with Crippen LogP contribution in [0.4, 0.5) is 24.5 Å². The van der Waals surface area contributed by atoms with Crippen LogP contribution in [-0.2, 0) is 10.0 Å². The number of benzene rings is 1. The van der Waals surface area contributed by atoms with Gasteiger partial charge in [0, 0.05) is 5.69 Å².